The molecule has 1 N–H and O–H groups in total. The van der Waals surface area contributed by atoms with Crippen molar-refractivity contribution in [1.29, 1.82) is 0 Å². The van der Waals surface area contributed by atoms with E-state index in [0.29, 0.717) is 24.3 Å². The minimum absolute atomic E-state index is 0.156. The number of methoxy groups -OCH3 is 1. The van der Waals surface area contributed by atoms with Crippen molar-refractivity contribution >= 4 is 16.9 Å². The van der Waals surface area contributed by atoms with E-state index in [1.807, 2.05) is 36.4 Å². The molecule has 0 aliphatic rings. The van der Waals surface area contributed by atoms with E-state index in [4.69, 9.17) is 4.74 Å². The number of hydrogen-bond acceptors (Lipinski definition) is 6. The monoisotopic (exact) mass is 367 g/mol. The number of fused-ring (bicyclic) bond motifs is 1. The van der Waals surface area contributed by atoms with Gasteiger partial charge in [-0.1, -0.05) is 12.1 Å². The molecule has 2 heterocycles. The van der Waals surface area contributed by atoms with Crippen LogP contribution in [0.4, 0.5) is 0 Å². The van der Waals surface area contributed by atoms with Gasteiger partial charge in [0.25, 0.3) is 0 Å². The predicted octanol–water partition coefficient (Wildman–Crippen LogP) is 2.36. The maximum absolute atomic E-state index is 11.3. The summed E-state index contributed by atoms with van der Waals surface area (Å²) in [5.41, 5.74) is 1.99. The van der Waals surface area contributed by atoms with Crippen LogP contribution in [0.15, 0.2) is 59.7 Å². The highest BCUT2D eigenvalue weighted by molar-refractivity contribution is 5.81. The number of pyridine rings is 2. The van der Waals surface area contributed by atoms with E-state index in [-0.39, 0.29) is 12.4 Å². The van der Waals surface area contributed by atoms with Gasteiger partial charge in [-0.2, -0.15) is 4.73 Å². The van der Waals surface area contributed by atoms with Crippen LogP contribution in [-0.2, 0) is 16.0 Å². The van der Waals surface area contributed by atoms with E-state index in [1.165, 1.54) is 13.3 Å². The van der Waals surface area contributed by atoms with Crippen molar-refractivity contribution in [3.8, 4) is 5.75 Å². The maximum atomic E-state index is 11.3. The molecule has 0 atom stereocenters. The average molecular weight is 367 g/mol. The molecule has 0 fully saturated rings. The molecule has 7 nitrogen and oxygen atoms in total. The van der Waals surface area contributed by atoms with Crippen molar-refractivity contribution in [2.75, 3.05) is 20.3 Å². The molecule has 0 radical (unpaired) electrons. The number of ether oxygens (including phenoxy) is 2. The Morgan fingerprint density at radius 1 is 1.22 bits per heavy atom. The largest absolute Gasteiger partial charge is 0.494 e. The summed E-state index contributed by atoms with van der Waals surface area (Å²) in [6.45, 7) is 1.07. The minimum Gasteiger partial charge on any atom is -0.494 e. The first-order valence-corrected chi connectivity index (χ1v) is 8.62. The molecule has 0 saturated heterocycles. The van der Waals surface area contributed by atoms with Crippen LogP contribution in [0.3, 0.4) is 0 Å². The second-order valence-electron chi connectivity index (χ2n) is 5.90. The molecule has 27 heavy (non-hydrogen) atoms. The van der Waals surface area contributed by atoms with Gasteiger partial charge in [-0.05, 0) is 36.4 Å². The molecule has 3 aromatic rings. The first-order chi connectivity index (χ1) is 13.2. The smallest absolute Gasteiger partial charge is 0.311 e. The fourth-order valence-corrected chi connectivity index (χ4v) is 2.55. The second kappa shape index (κ2) is 8.84. The highest BCUT2D eigenvalue weighted by Gasteiger charge is 2.06. The number of rotatable bonds is 7. The van der Waals surface area contributed by atoms with Crippen molar-refractivity contribution in [1.82, 2.24) is 9.71 Å². The first-order valence-electron chi connectivity index (χ1n) is 8.62. The lowest BCUT2D eigenvalue weighted by molar-refractivity contribution is -0.139. The van der Waals surface area contributed by atoms with Gasteiger partial charge in [-0.25, -0.2) is 0 Å². The maximum Gasteiger partial charge on any atom is 0.311 e. The highest BCUT2D eigenvalue weighted by atomic mass is 16.5. The molecular weight excluding hydrogens is 346 g/mol. The Morgan fingerprint density at radius 2 is 2.11 bits per heavy atom. The summed E-state index contributed by atoms with van der Waals surface area (Å²) >= 11 is 0. The lowest BCUT2D eigenvalue weighted by atomic mass is 10.1. The summed E-state index contributed by atoms with van der Waals surface area (Å²) in [4.78, 5) is 20.1. The van der Waals surface area contributed by atoms with Crippen LogP contribution in [0.25, 0.3) is 10.9 Å². The molecular formula is C20H21N3O4. The molecule has 0 bridgehead atoms. The molecule has 0 aliphatic carbocycles. The lowest BCUT2D eigenvalue weighted by Gasteiger charge is -2.07. The fraction of sp³-hybridized carbons (Fsp3) is 0.250. The van der Waals surface area contributed by atoms with Crippen LogP contribution in [0.5, 0.6) is 5.75 Å². The zero-order chi connectivity index (χ0) is 19.1. The quantitative estimate of drug-likeness (QED) is 0.394. The first kappa shape index (κ1) is 18.4. The van der Waals surface area contributed by atoms with Gasteiger partial charge in [-0.3, -0.25) is 14.8 Å². The third-order valence-corrected chi connectivity index (χ3v) is 3.93. The van der Waals surface area contributed by atoms with Gasteiger partial charge in [-0.15, -0.1) is 0 Å². The van der Waals surface area contributed by atoms with E-state index >= 15 is 0 Å². The van der Waals surface area contributed by atoms with Crippen molar-refractivity contribution in [2.24, 2.45) is 4.99 Å². The molecule has 0 aliphatic heterocycles. The highest BCUT2D eigenvalue weighted by Crippen LogP contribution is 2.20. The number of carbonyl (C=O) groups excluding carboxylic acids is 1. The zero-order valence-electron chi connectivity index (χ0n) is 15.0. The van der Waals surface area contributed by atoms with E-state index in [2.05, 4.69) is 14.7 Å². The van der Waals surface area contributed by atoms with Crippen molar-refractivity contribution in [3.63, 3.8) is 0 Å². The van der Waals surface area contributed by atoms with Gasteiger partial charge >= 0.3 is 5.97 Å². The van der Waals surface area contributed by atoms with E-state index in [1.54, 1.807) is 12.1 Å². The third-order valence-electron chi connectivity index (χ3n) is 3.93. The van der Waals surface area contributed by atoms with Gasteiger partial charge in [0.05, 0.1) is 31.3 Å². The number of benzene rings is 1. The SMILES string of the molecule is COC(=O)Cc1ccc2cc(OCCCN=c3ccccn3O)ccc2n1. The summed E-state index contributed by atoms with van der Waals surface area (Å²) < 4.78 is 11.4. The van der Waals surface area contributed by atoms with Crippen LogP contribution in [0.2, 0.25) is 0 Å². The predicted molar refractivity (Wildman–Crippen MR) is 99.6 cm³/mol. The van der Waals surface area contributed by atoms with Gasteiger partial charge in [0.1, 0.15) is 5.75 Å². The van der Waals surface area contributed by atoms with Gasteiger partial charge in [0.15, 0.2) is 5.49 Å². The normalized spacial score (nSPS) is 11.5. The molecule has 7 heteroatoms. The minimum atomic E-state index is -0.311. The second-order valence-corrected chi connectivity index (χ2v) is 5.90. The number of hydrogen-bond donors (Lipinski definition) is 1. The van der Waals surface area contributed by atoms with Crippen LogP contribution < -0.4 is 10.2 Å². The topological polar surface area (TPSA) is 85.9 Å². The Balaban J connectivity index is 1.56. The van der Waals surface area contributed by atoms with Crippen LogP contribution in [0, 0.1) is 0 Å². The number of nitrogens with zero attached hydrogens (tertiary/aromatic N) is 3. The van der Waals surface area contributed by atoms with Crippen molar-refractivity contribution in [2.45, 2.75) is 12.8 Å². The summed E-state index contributed by atoms with van der Waals surface area (Å²) in [5, 5.41) is 10.5. The van der Waals surface area contributed by atoms with E-state index in [9.17, 15) is 10.0 Å². The van der Waals surface area contributed by atoms with Crippen LogP contribution in [-0.4, -0.2) is 41.2 Å². The summed E-state index contributed by atoms with van der Waals surface area (Å²) in [5.74, 6) is 0.441. The molecule has 3 rings (SSSR count). The Kier molecular flexibility index (Phi) is 6.04. The van der Waals surface area contributed by atoms with Gasteiger partial charge in [0.2, 0.25) is 0 Å². The molecule has 1 aromatic carbocycles. The number of aromatic nitrogens is 2. The van der Waals surface area contributed by atoms with Gasteiger partial charge < -0.3 is 14.7 Å². The van der Waals surface area contributed by atoms with Gasteiger partial charge in [0, 0.05) is 24.5 Å². The van der Waals surface area contributed by atoms with E-state index in [0.717, 1.165) is 27.8 Å². The molecule has 140 valence electrons. The Hall–Kier alpha value is -3.35. The molecule has 0 spiro atoms. The van der Waals surface area contributed by atoms with E-state index < -0.39 is 0 Å². The molecule has 0 saturated carbocycles. The fourth-order valence-electron chi connectivity index (χ4n) is 2.55. The third kappa shape index (κ3) is 5.07. The average Bonchev–Trinajstić information content (AvgIpc) is 2.69. The zero-order valence-corrected chi connectivity index (χ0v) is 15.0. The summed E-state index contributed by atoms with van der Waals surface area (Å²) in [6.07, 6.45) is 2.42. The Morgan fingerprint density at radius 3 is 2.93 bits per heavy atom. The van der Waals surface area contributed by atoms with Crippen molar-refractivity contribution < 1.29 is 19.5 Å². The van der Waals surface area contributed by atoms with Crippen molar-refractivity contribution in [3.05, 3.63) is 65.9 Å². The lowest BCUT2D eigenvalue weighted by Crippen LogP contribution is -2.17. The molecule has 2 aromatic heterocycles. The summed E-state index contributed by atoms with van der Waals surface area (Å²) in [7, 11) is 1.36. The number of carbonyl (C=O) groups is 1. The Labute approximate surface area is 156 Å². The summed E-state index contributed by atoms with van der Waals surface area (Å²) in [6, 6.07) is 14.7. The standard InChI is InChI=1S/C20H21N3O4/c1-26-20(24)14-16-7-6-15-13-17(8-9-18(15)22-16)27-12-4-10-21-19-5-2-3-11-23(19)25/h2-3,5-9,11,13,25H,4,10,12,14H2,1H3. The molecule has 0 amide bonds. The Bertz CT molecular complexity index is 998. The number of esters is 1. The van der Waals surface area contributed by atoms with Crippen LogP contribution >= 0.6 is 0 Å². The molecule has 0 unspecified atom stereocenters. The van der Waals surface area contributed by atoms with Crippen LogP contribution in [0.1, 0.15) is 12.1 Å².